The first kappa shape index (κ1) is 15.3. The van der Waals surface area contributed by atoms with Crippen molar-refractivity contribution in [1.82, 2.24) is 0 Å². The molecule has 0 amide bonds. The van der Waals surface area contributed by atoms with Crippen LogP contribution in [0.2, 0.25) is 0 Å². The number of hydrogen-bond donors (Lipinski definition) is 1. The maximum Gasteiger partial charge on any atom is 0.232 e. The molecular weight excluding hydrogens is 290 g/mol. The molecule has 0 saturated heterocycles. The van der Waals surface area contributed by atoms with Crippen LogP contribution in [0.25, 0.3) is 0 Å². The van der Waals surface area contributed by atoms with Gasteiger partial charge in [-0.3, -0.25) is 9.52 Å². The molecule has 2 rings (SSSR count). The molecule has 0 bridgehead atoms. The van der Waals surface area contributed by atoms with E-state index in [4.69, 9.17) is 4.42 Å². The predicted molar refractivity (Wildman–Crippen MR) is 81.0 cm³/mol. The second kappa shape index (κ2) is 6.13. The van der Waals surface area contributed by atoms with E-state index < -0.39 is 10.0 Å². The fourth-order valence-corrected chi connectivity index (χ4v) is 3.06. The molecule has 6 heteroatoms. The lowest BCUT2D eigenvalue weighted by molar-refractivity contribution is 0.101. The maximum atomic E-state index is 12.2. The molecule has 0 unspecified atom stereocenters. The van der Waals surface area contributed by atoms with E-state index in [2.05, 4.69) is 4.72 Å². The molecule has 1 aromatic carbocycles. The van der Waals surface area contributed by atoms with Crippen molar-refractivity contribution in [3.8, 4) is 0 Å². The average molecular weight is 307 g/mol. The van der Waals surface area contributed by atoms with E-state index in [1.807, 2.05) is 0 Å². The lowest BCUT2D eigenvalue weighted by atomic mass is 10.1. The highest BCUT2D eigenvalue weighted by atomic mass is 32.2. The van der Waals surface area contributed by atoms with Gasteiger partial charge in [-0.1, -0.05) is 6.92 Å². The number of carbonyl (C=O) groups excluding carboxylic acids is 1. The highest BCUT2D eigenvalue weighted by Crippen LogP contribution is 2.17. The van der Waals surface area contributed by atoms with Gasteiger partial charge in [0.2, 0.25) is 15.8 Å². The molecule has 0 aliphatic rings. The number of hydrogen-bond acceptors (Lipinski definition) is 4. The van der Waals surface area contributed by atoms with Crippen LogP contribution in [-0.4, -0.2) is 20.0 Å². The molecule has 0 aliphatic carbocycles. The minimum absolute atomic E-state index is 0.0687. The molecule has 1 aromatic heterocycles. The maximum absolute atomic E-state index is 12.2. The van der Waals surface area contributed by atoms with Gasteiger partial charge in [-0.2, -0.15) is 0 Å². The second-order valence-electron chi connectivity index (χ2n) is 4.76. The van der Waals surface area contributed by atoms with E-state index in [0.717, 1.165) is 5.56 Å². The third-order valence-corrected chi connectivity index (χ3v) is 4.45. The van der Waals surface area contributed by atoms with Gasteiger partial charge in [-0.05, 0) is 49.2 Å². The summed E-state index contributed by atoms with van der Waals surface area (Å²) >= 11 is 0. The van der Waals surface area contributed by atoms with Crippen LogP contribution >= 0.6 is 0 Å². The SMILES string of the molecule is CCCS(=O)(=O)Nc1ccc(C(=O)c2occc2C)cc1. The van der Waals surface area contributed by atoms with Crippen molar-refractivity contribution in [2.24, 2.45) is 0 Å². The Bertz CT molecular complexity index is 729. The van der Waals surface area contributed by atoms with Crippen molar-refractivity contribution in [3.05, 3.63) is 53.5 Å². The Morgan fingerprint density at radius 2 is 1.86 bits per heavy atom. The molecule has 21 heavy (non-hydrogen) atoms. The highest BCUT2D eigenvalue weighted by molar-refractivity contribution is 7.92. The topological polar surface area (TPSA) is 76.4 Å². The van der Waals surface area contributed by atoms with Crippen molar-refractivity contribution < 1.29 is 17.6 Å². The molecule has 2 aromatic rings. The zero-order chi connectivity index (χ0) is 15.5. The Labute approximate surface area is 124 Å². The molecule has 0 saturated carbocycles. The standard InChI is InChI=1S/C15H17NO4S/c1-3-10-21(18,19)16-13-6-4-12(5-7-13)14(17)15-11(2)8-9-20-15/h4-9,16H,3,10H2,1-2H3. The largest absolute Gasteiger partial charge is 0.461 e. The number of aryl methyl sites for hydroxylation is 1. The normalized spacial score (nSPS) is 11.3. The van der Waals surface area contributed by atoms with Crippen molar-refractivity contribution in [1.29, 1.82) is 0 Å². The zero-order valence-corrected chi connectivity index (χ0v) is 12.7. The van der Waals surface area contributed by atoms with Crippen molar-refractivity contribution in [3.63, 3.8) is 0 Å². The van der Waals surface area contributed by atoms with Gasteiger partial charge in [-0.15, -0.1) is 0 Å². The van der Waals surface area contributed by atoms with Crippen LogP contribution in [0.15, 0.2) is 41.0 Å². The van der Waals surface area contributed by atoms with Gasteiger partial charge in [0.15, 0.2) is 5.76 Å². The Hall–Kier alpha value is -2.08. The number of ketones is 1. The molecular formula is C15H17NO4S. The second-order valence-corrected chi connectivity index (χ2v) is 6.60. The van der Waals surface area contributed by atoms with E-state index in [9.17, 15) is 13.2 Å². The van der Waals surface area contributed by atoms with E-state index in [0.29, 0.717) is 23.4 Å². The molecule has 0 atom stereocenters. The van der Waals surface area contributed by atoms with Gasteiger partial charge in [-0.25, -0.2) is 8.42 Å². The summed E-state index contributed by atoms with van der Waals surface area (Å²) in [5, 5.41) is 0. The molecule has 0 fully saturated rings. The number of nitrogens with one attached hydrogen (secondary N) is 1. The first-order chi connectivity index (χ1) is 9.93. The van der Waals surface area contributed by atoms with Gasteiger partial charge in [0.05, 0.1) is 12.0 Å². The van der Waals surface area contributed by atoms with Gasteiger partial charge < -0.3 is 4.42 Å². The fraction of sp³-hybridized carbons (Fsp3) is 0.267. The van der Waals surface area contributed by atoms with E-state index in [1.54, 1.807) is 44.2 Å². The van der Waals surface area contributed by atoms with E-state index in [-0.39, 0.29) is 11.5 Å². The van der Waals surface area contributed by atoms with Crippen molar-refractivity contribution in [2.45, 2.75) is 20.3 Å². The van der Waals surface area contributed by atoms with Crippen LogP contribution in [0, 0.1) is 6.92 Å². The summed E-state index contributed by atoms with van der Waals surface area (Å²) in [6.45, 7) is 3.59. The van der Waals surface area contributed by atoms with Crippen molar-refractivity contribution >= 4 is 21.5 Å². The number of benzene rings is 1. The summed E-state index contributed by atoms with van der Waals surface area (Å²) in [6, 6.07) is 8.01. The van der Waals surface area contributed by atoms with Gasteiger partial charge in [0, 0.05) is 11.3 Å². The van der Waals surface area contributed by atoms with Crippen molar-refractivity contribution in [2.75, 3.05) is 10.5 Å². The van der Waals surface area contributed by atoms with Gasteiger partial charge in [0.25, 0.3) is 0 Å². The zero-order valence-electron chi connectivity index (χ0n) is 11.9. The third kappa shape index (κ3) is 3.72. The van der Waals surface area contributed by atoms with Crippen LogP contribution in [-0.2, 0) is 10.0 Å². The quantitative estimate of drug-likeness (QED) is 0.832. The van der Waals surface area contributed by atoms with Crippen LogP contribution in [0.5, 0.6) is 0 Å². The summed E-state index contributed by atoms with van der Waals surface area (Å²) in [7, 11) is -3.32. The molecule has 1 heterocycles. The summed E-state index contributed by atoms with van der Waals surface area (Å²) in [5.41, 5.74) is 1.66. The Kier molecular flexibility index (Phi) is 4.47. The summed E-state index contributed by atoms with van der Waals surface area (Å²) in [6.07, 6.45) is 2.01. The number of rotatable bonds is 6. The summed E-state index contributed by atoms with van der Waals surface area (Å²) in [5.74, 6) is 0.147. The number of sulfonamides is 1. The number of carbonyl (C=O) groups is 1. The molecule has 5 nitrogen and oxygen atoms in total. The first-order valence-corrected chi connectivity index (χ1v) is 8.27. The molecule has 1 N–H and O–H groups in total. The van der Waals surface area contributed by atoms with Crippen LogP contribution < -0.4 is 4.72 Å². The summed E-state index contributed by atoms with van der Waals surface area (Å²) in [4.78, 5) is 12.2. The lowest BCUT2D eigenvalue weighted by Crippen LogP contribution is -2.16. The smallest absolute Gasteiger partial charge is 0.232 e. The first-order valence-electron chi connectivity index (χ1n) is 6.62. The van der Waals surface area contributed by atoms with E-state index >= 15 is 0 Å². The monoisotopic (exact) mass is 307 g/mol. The summed E-state index contributed by atoms with van der Waals surface area (Å²) < 4.78 is 30.9. The molecule has 0 spiro atoms. The Morgan fingerprint density at radius 1 is 1.19 bits per heavy atom. The van der Waals surface area contributed by atoms with Crippen LogP contribution in [0.4, 0.5) is 5.69 Å². The van der Waals surface area contributed by atoms with Crippen LogP contribution in [0.1, 0.15) is 35.0 Å². The fourth-order valence-electron chi connectivity index (χ4n) is 1.93. The number of furan rings is 1. The molecule has 0 radical (unpaired) electrons. The average Bonchev–Trinajstić information content (AvgIpc) is 2.84. The highest BCUT2D eigenvalue weighted by Gasteiger charge is 2.15. The minimum Gasteiger partial charge on any atom is -0.461 e. The minimum atomic E-state index is -3.32. The predicted octanol–water partition coefficient (Wildman–Crippen LogP) is 2.97. The Morgan fingerprint density at radius 3 is 2.38 bits per heavy atom. The molecule has 0 aliphatic heterocycles. The van der Waals surface area contributed by atoms with Gasteiger partial charge >= 0.3 is 0 Å². The Balaban J connectivity index is 2.16. The van der Waals surface area contributed by atoms with E-state index in [1.165, 1.54) is 6.26 Å². The van der Waals surface area contributed by atoms with Crippen LogP contribution in [0.3, 0.4) is 0 Å². The lowest BCUT2D eigenvalue weighted by Gasteiger charge is -2.07. The third-order valence-electron chi connectivity index (χ3n) is 2.96. The number of anilines is 1. The molecule has 112 valence electrons. The van der Waals surface area contributed by atoms with Gasteiger partial charge in [0.1, 0.15) is 0 Å².